The molecule has 0 aliphatic rings. The van der Waals surface area contributed by atoms with E-state index in [1.54, 1.807) is 61.7 Å². The van der Waals surface area contributed by atoms with Crippen LogP contribution in [-0.2, 0) is 0 Å². The quantitative estimate of drug-likeness (QED) is 0.264. The molecule has 4 nitrogen and oxygen atoms in total. The van der Waals surface area contributed by atoms with E-state index in [9.17, 15) is 14.0 Å². The summed E-state index contributed by atoms with van der Waals surface area (Å²) in [7, 11) is 1.55. The van der Waals surface area contributed by atoms with Crippen molar-refractivity contribution in [1.29, 1.82) is 0 Å². The molecule has 0 aliphatic heterocycles. The summed E-state index contributed by atoms with van der Waals surface area (Å²) in [6, 6.07) is 18.7. The van der Waals surface area contributed by atoms with Crippen LogP contribution in [0.5, 0.6) is 11.5 Å². The van der Waals surface area contributed by atoms with E-state index in [1.807, 2.05) is 0 Å². The van der Waals surface area contributed by atoms with Crippen LogP contribution in [0.4, 0.5) is 4.39 Å². The molecule has 0 atom stereocenters. The Morgan fingerprint density at radius 1 is 0.786 bits per heavy atom. The molecular weight excluding hydrogens is 359 g/mol. The number of esters is 1. The van der Waals surface area contributed by atoms with Crippen molar-refractivity contribution in [3.05, 3.63) is 101 Å². The molecule has 0 spiro atoms. The number of methoxy groups -OCH3 is 1. The molecule has 0 N–H and O–H groups in total. The van der Waals surface area contributed by atoms with Crippen molar-refractivity contribution >= 4 is 17.8 Å². The van der Waals surface area contributed by atoms with Crippen molar-refractivity contribution in [1.82, 2.24) is 0 Å². The highest BCUT2D eigenvalue weighted by molar-refractivity contribution is 6.06. The average molecular weight is 376 g/mol. The van der Waals surface area contributed by atoms with Gasteiger partial charge < -0.3 is 9.47 Å². The van der Waals surface area contributed by atoms with Crippen molar-refractivity contribution in [2.24, 2.45) is 0 Å². The lowest BCUT2D eigenvalue weighted by molar-refractivity contribution is 0.0734. The van der Waals surface area contributed by atoms with E-state index >= 15 is 0 Å². The zero-order valence-electron chi connectivity index (χ0n) is 15.1. The number of allylic oxidation sites excluding steroid dienone is 1. The smallest absolute Gasteiger partial charge is 0.343 e. The Labute approximate surface area is 161 Å². The van der Waals surface area contributed by atoms with Crippen LogP contribution in [-0.4, -0.2) is 18.9 Å². The van der Waals surface area contributed by atoms with Gasteiger partial charge in [-0.05, 0) is 72.3 Å². The Balaban J connectivity index is 1.61. The molecule has 0 saturated carbocycles. The van der Waals surface area contributed by atoms with Crippen molar-refractivity contribution in [3.63, 3.8) is 0 Å². The first-order valence-electron chi connectivity index (χ1n) is 8.49. The summed E-state index contributed by atoms with van der Waals surface area (Å²) >= 11 is 0. The first kappa shape index (κ1) is 19.0. The Hall–Kier alpha value is -3.73. The van der Waals surface area contributed by atoms with Crippen molar-refractivity contribution in [2.75, 3.05) is 7.11 Å². The molecule has 3 rings (SSSR count). The molecule has 0 saturated heterocycles. The summed E-state index contributed by atoms with van der Waals surface area (Å²) < 4.78 is 23.3. The SMILES string of the molecule is COc1ccc(C(=O)Oc2ccc(/C=C/C(=O)c3ccc(F)cc3)cc2)cc1. The van der Waals surface area contributed by atoms with Crippen LogP contribution >= 0.6 is 0 Å². The summed E-state index contributed by atoms with van der Waals surface area (Å²) in [6.07, 6.45) is 3.05. The highest BCUT2D eigenvalue weighted by atomic mass is 19.1. The molecular formula is C23H17FO4. The van der Waals surface area contributed by atoms with E-state index in [4.69, 9.17) is 9.47 Å². The number of ether oxygens (including phenoxy) is 2. The van der Waals surface area contributed by atoms with Crippen LogP contribution < -0.4 is 9.47 Å². The van der Waals surface area contributed by atoms with Crippen LogP contribution in [0.3, 0.4) is 0 Å². The van der Waals surface area contributed by atoms with Gasteiger partial charge in [-0.3, -0.25) is 4.79 Å². The van der Waals surface area contributed by atoms with E-state index in [0.717, 1.165) is 5.56 Å². The number of benzene rings is 3. The number of halogens is 1. The second kappa shape index (κ2) is 8.77. The Morgan fingerprint density at radius 2 is 1.36 bits per heavy atom. The van der Waals surface area contributed by atoms with Gasteiger partial charge in [0.1, 0.15) is 17.3 Å². The van der Waals surface area contributed by atoms with E-state index < -0.39 is 5.97 Å². The van der Waals surface area contributed by atoms with Gasteiger partial charge in [-0.1, -0.05) is 18.2 Å². The maximum atomic E-state index is 12.9. The van der Waals surface area contributed by atoms with E-state index in [0.29, 0.717) is 22.6 Å². The van der Waals surface area contributed by atoms with E-state index in [2.05, 4.69) is 0 Å². The third kappa shape index (κ3) is 4.92. The zero-order chi connectivity index (χ0) is 19.9. The molecule has 0 unspecified atom stereocenters. The predicted molar refractivity (Wildman–Crippen MR) is 104 cm³/mol. The molecule has 0 amide bonds. The van der Waals surface area contributed by atoms with Gasteiger partial charge in [0.05, 0.1) is 12.7 Å². The normalized spacial score (nSPS) is 10.6. The molecule has 0 aliphatic carbocycles. The van der Waals surface area contributed by atoms with Crippen LogP contribution in [0, 0.1) is 5.82 Å². The Kier molecular flexibility index (Phi) is 5.97. The van der Waals surface area contributed by atoms with Gasteiger partial charge in [-0.25, -0.2) is 9.18 Å². The molecule has 0 heterocycles. The first-order valence-corrected chi connectivity index (χ1v) is 8.49. The molecule has 0 radical (unpaired) electrons. The molecule has 28 heavy (non-hydrogen) atoms. The zero-order valence-corrected chi connectivity index (χ0v) is 15.1. The molecule has 140 valence electrons. The molecule has 3 aromatic carbocycles. The number of hydrogen-bond acceptors (Lipinski definition) is 4. The van der Waals surface area contributed by atoms with Crippen LogP contribution in [0.15, 0.2) is 78.9 Å². The lowest BCUT2D eigenvalue weighted by Gasteiger charge is -2.05. The maximum absolute atomic E-state index is 12.9. The lowest BCUT2D eigenvalue weighted by Crippen LogP contribution is -2.08. The molecule has 0 bridgehead atoms. The number of carbonyl (C=O) groups excluding carboxylic acids is 2. The fraction of sp³-hybridized carbons (Fsp3) is 0.0435. The predicted octanol–water partition coefficient (Wildman–Crippen LogP) is 4.95. The monoisotopic (exact) mass is 376 g/mol. The minimum absolute atomic E-state index is 0.227. The molecule has 0 aromatic heterocycles. The van der Waals surface area contributed by atoms with Gasteiger partial charge in [-0.15, -0.1) is 0 Å². The molecule has 3 aromatic rings. The van der Waals surface area contributed by atoms with Gasteiger partial charge in [0, 0.05) is 5.56 Å². The maximum Gasteiger partial charge on any atom is 0.343 e. The second-order valence-electron chi connectivity index (χ2n) is 5.89. The van der Waals surface area contributed by atoms with Gasteiger partial charge in [-0.2, -0.15) is 0 Å². The van der Waals surface area contributed by atoms with Crippen molar-refractivity contribution in [3.8, 4) is 11.5 Å². The standard InChI is InChI=1S/C23H17FO4/c1-27-20-13-7-18(8-14-20)23(26)28-21-11-2-16(3-12-21)4-15-22(25)17-5-9-19(24)10-6-17/h2-15H,1H3/b15-4+. The highest BCUT2D eigenvalue weighted by Crippen LogP contribution is 2.17. The number of carbonyl (C=O) groups is 2. The topological polar surface area (TPSA) is 52.6 Å². The van der Waals surface area contributed by atoms with Crippen LogP contribution in [0.25, 0.3) is 6.08 Å². The van der Waals surface area contributed by atoms with Crippen LogP contribution in [0.1, 0.15) is 26.3 Å². The van der Waals surface area contributed by atoms with Crippen LogP contribution in [0.2, 0.25) is 0 Å². The van der Waals surface area contributed by atoms with Gasteiger partial charge in [0.2, 0.25) is 0 Å². The number of ketones is 1. The van der Waals surface area contributed by atoms with Gasteiger partial charge >= 0.3 is 5.97 Å². The van der Waals surface area contributed by atoms with E-state index in [-0.39, 0.29) is 11.6 Å². The summed E-state index contributed by atoms with van der Waals surface area (Å²) in [5.41, 5.74) is 1.58. The average Bonchev–Trinajstić information content (AvgIpc) is 2.73. The molecule has 5 heteroatoms. The third-order valence-corrected chi connectivity index (χ3v) is 3.97. The summed E-state index contributed by atoms with van der Waals surface area (Å²) in [4.78, 5) is 24.2. The van der Waals surface area contributed by atoms with Gasteiger partial charge in [0.25, 0.3) is 0 Å². The van der Waals surface area contributed by atoms with Crippen molar-refractivity contribution < 1.29 is 23.5 Å². The fourth-order valence-electron chi connectivity index (χ4n) is 2.42. The summed E-state index contributed by atoms with van der Waals surface area (Å²) in [5.74, 6) is -0.0431. The number of rotatable bonds is 6. The second-order valence-corrected chi connectivity index (χ2v) is 5.89. The lowest BCUT2D eigenvalue weighted by atomic mass is 10.1. The molecule has 0 fully saturated rings. The first-order chi connectivity index (χ1) is 13.5. The Bertz CT molecular complexity index is 988. The Morgan fingerprint density at radius 3 is 1.96 bits per heavy atom. The minimum Gasteiger partial charge on any atom is -0.497 e. The van der Waals surface area contributed by atoms with E-state index in [1.165, 1.54) is 30.3 Å². The van der Waals surface area contributed by atoms with Gasteiger partial charge in [0.15, 0.2) is 5.78 Å². The summed E-state index contributed by atoms with van der Waals surface area (Å²) in [5, 5.41) is 0. The highest BCUT2D eigenvalue weighted by Gasteiger charge is 2.08. The summed E-state index contributed by atoms with van der Waals surface area (Å²) in [6.45, 7) is 0. The van der Waals surface area contributed by atoms with Crippen molar-refractivity contribution in [2.45, 2.75) is 0 Å². The fourth-order valence-corrected chi connectivity index (χ4v) is 2.42. The largest absolute Gasteiger partial charge is 0.497 e. The number of hydrogen-bond donors (Lipinski definition) is 0. The minimum atomic E-state index is -0.475. The third-order valence-electron chi connectivity index (χ3n) is 3.97.